The van der Waals surface area contributed by atoms with Crippen molar-refractivity contribution in [2.75, 3.05) is 6.54 Å². The third kappa shape index (κ3) is 3.19. The quantitative estimate of drug-likeness (QED) is 0.865. The molecule has 0 aliphatic rings. The van der Waals surface area contributed by atoms with Crippen molar-refractivity contribution in [3.63, 3.8) is 0 Å². The van der Waals surface area contributed by atoms with E-state index in [0.29, 0.717) is 18.5 Å². The summed E-state index contributed by atoms with van der Waals surface area (Å²) >= 11 is 1.60. The van der Waals surface area contributed by atoms with Crippen LogP contribution in [0.4, 0.5) is 8.78 Å². The number of likely N-dealkylation sites (N-methyl/N-ethyl adjacent to an activating group) is 1. The van der Waals surface area contributed by atoms with Crippen molar-refractivity contribution < 1.29 is 8.78 Å². The summed E-state index contributed by atoms with van der Waals surface area (Å²) in [6.07, 6.45) is 0.600. The maximum Gasteiger partial charge on any atom is 0.133 e. The van der Waals surface area contributed by atoms with Crippen LogP contribution in [0, 0.1) is 18.6 Å². The maximum absolute atomic E-state index is 14.2. The Bertz CT molecular complexity index is 537. The summed E-state index contributed by atoms with van der Waals surface area (Å²) < 4.78 is 28.1. The van der Waals surface area contributed by atoms with Crippen molar-refractivity contribution in [2.45, 2.75) is 26.3 Å². The Morgan fingerprint density at radius 1 is 1.26 bits per heavy atom. The van der Waals surface area contributed by atoms with Gasteiger partial charge in [-0.2, -0.15) is 0 Å². The first-order valence-electron chi connectivity index (χ1n) is 6.33. The van der Waals surface area contributed by atoms with Crippen molar-refractivity contribution in [3.8, 4) is 0 Å². The van der Waals surface area contributed by atoms with Crippen molar-refractivity contribution >= 4 is 11.3 Å². The van der Waals surface area contributed by atoms with Crippen LogP contribution in [0.1, 0.15) is 29.0 Å². The Morgan fingerprint density at radius 2 is 2.05 bits per heavy atom. The van der Waals surface area contributed by atoms with Crippen LogP contribution in [-0.2, 0) is 6.42 Å². The van der Waals surface area contributed by atoms with Gasteiger partial charge in [-0.1, -0.05) is 19.1 Å². The Balaban J connectivity index is 2.36. The summed E-state index contributed by atoms with van der Waals surface area (Å²) in [4.78, 5) is 1.12. The van der Waals surface area contributed by atoms with Crippen LogP contribution in [0.5, 0.6) is 0 Å². The van der Waals surface area contributed by atoms with Crippen LogP contribution in [0.25, 0.3) is 0 Å². The minimum atomic E-state index is -0.481. The molecule has 0 saturated heterocycles. The van der Waals surface area contributed by atoms with Crippen LogP contribution in [0.2, 0.25) is 0 Å². The Morgan fingerprint density at radius 3 is 2.68 bits per heavy atom. The summed E-state index contributed by atoms with van der Waals surface area (Å²) in [5, 5.41) is 5.15. The monoisotopic (exact) mass is 281 g/mol. The minimum absolute atomic E-state index is 0.148. The van der Waals surface area contributed by atoms with Crippen LogP contribution in [0.15, 0.2) is 29.6 Å². The molecule has 2 rings (SSSR count). The third-order valence-electron chi connectivity index (χ3n) is 3.10. The first kappa shape index (κ1) is 14.2. The molecule has 1 atom stereocenters. The zero-order chi connectivity index (χ0) is 13.8. The van der Waals surface area contributed by atoms with Gasteiger partial charge in [-0.15, -0.1) is 11.3 Å². The molecule has 0 spiro atoms. The van der Waals surface area contributed by atoms with Gasteiger partial charge in [0, 0.05) is 22.9 Å². The van der Waals surface area contributed by atoms with E-state index in [4.69, 9.17) is 0 Å². The molecule has 0 aliphatic carbocycles. The summed E-state index contributed by atoms with van der Waals surface area (Å²) in [5.41, 5.74) is 0.626. The normalized spacial score (nSPS) is 12.6. The van der Waals surface area contributed by atoms with E-state index in [2.05, 4.69) is 5.32 Å². The number of benzene rings is 1. The lowest BCUT2D eigenvalue weighted by atomic mass is 9.99. The molecule has 1 nitrogen and oxygen atoms in total. The summed E-state index contributed by atoms with van der Waals surface area (Å²) in [6, 6.07) is 6.42. The van der Waals surface area contributed by atoms with Crippen LogP contribution in [-0.4, -0.2) is 6.54 Å². The van der Waals surface area contributed by atoms with E-state index in [-0.39, 0.29) is 11.6 Å². The molecular formula is C15H17F2NS. The number of thiophene rings is 1. The van der Waals surface area contributed by atoms with Gasteiger partial charge in [0.05, 0.1) is 0 Å². The largest absolute Gasteiger partial charge is 0.310 e. The van der Waals surface area contributed by atoms with E-state index in [0.717, 1.165) is 4.88 Å². The molecule has 1 N–H and O–H groups in total. The third-order valence-corrected chi connectivity index (χ3v) is 4.00. The van der Waals surface area contributed by atoms with E-state index in [9.17, 15) is 8.78 Å². The lowest BCUT2D eigenvalue weighted by Gasteiger charge is -2.20. The van der Waals surface area contributed by atoms with Gasteiger partial charge < -0.3 is 5.32 Å². The van der Waals surface area contributed by atoms with E-state index in [1.807, 2.05) is 24.4 Å². The molecule has 1 aromatic heterocycles. The highest BCUT2D eigenvalue weighted by molar-refractivity contribution is 7.09. The van der Waals surface area contributed by atoms with E-state index in [1.54, 1.807) is 18.3 Å². The molecule has 102 valence electrons. The van der Waals surface area contributed by atoms with Gasteiger partial charge in [-0.05, 0) is 36.5 Å². The number of rotatable bonds is 5. The van der Waals surface area contributed by atoms with E-state index < -0.39 is 11.6 Å². The molecule has 0 fully saturated rings. The van der Waals surface area contributed by atoms with Gasteiger partial charge in [0.25, 0.3) is 0 Å². The van der Waals surface area contributed by atoms with Gasteiger partial charge in [-0.3, -0.25) is 0 Å². The summed E-state index contributed by atoms with van der Waals surface area (Å²) in [7, 11) is 0. The Labute approximate surface area is 116 Å². The average Bonchev–Trinajstić information content (AvgIpc) is 2.87. The Kier molecular flexibility index (Phi) is 4.66. The SMILES string of the molecule is CCNC(Cc1cccs1)c1c(F)ccc(C)c1F. The summed E-state index contributed by atoms with van der Waals surface area (Å²) in [5.74, 6) is -0.923. The van der Waals surface area contributed by atoms with Gasteiger partial charge in [0.15, 0.2) is 0 Å². The molecule has 19 heavy (non-hydrogen) atoms. The highest BCUT2D eigenvalue weighted by Crippen LogP contribution is 2.27. The number of aryl methyl sites for hydroxylation is 1. The van der Waals surface area contributed by atoms with Crippen molar-refractivity contribution in [2.24, 2.45) is 0 Å². The first-order chi connectivity index (χ1) is 9.13. The number of nitrogens with one attached hydrogen (secondary N) is 1. The number of hydrogen-bond acceptors (Lipinski definition) is 2. The molecule has 4 heteroatoms. The van der Waals surface area contributed by atoms with Gasteiger partial charge >= 0.3 is 0 Å². The molecule has 1 aromatic carbocycles. The fourth-order valence-electron chi connectivity index (χ4n) is 2.15. The molecule has 0 saturated carbocycles. The predicted molar refractivity (Wildman–Crippen MR) is 75.5 cm³/mol. The second kappa shape index (κ2) is 6.26. The molecule has 0 bridgehead atoms. The van der Waals surface area contributed by atoms with Crippen LogP contribution < -0.4 is 5.32 Å². The molecule has 0 radical (unpaired) electrons. The van der Waals surface area contributed by atoms with Crippen molar-refractivity contribution in [3.05, 3.63) is 57.3 Å². The minimum Gasteiger partial charge on any atom is -0.310 e. The highest BCUT2D eigenvalue weighted by atomic mass is 32.1. The van der Waals surface area contributed by atoms with E-state index in [1.165, 1.54) is 12.1 Å². The zero-order valence-electron chi connectivity index (χ0n) is 11.0. The molecule has 0 aliphatic heterocycles. The second-order valence-corrected chi connectivity index (χ2v) is 5.52. The smallest absolute Gasteiger partial charge is 0.133 e. The number of halogens is 2. The zero-order valence-corrected chi connectivity index (χ0v) is 11.9. The maximum atomic E-state index is 14.2. The van der Waals surface area contributed by atoms with Gasteiger partial charge in [0.1, 0.15) is 11.6 Å². The highest BCUT2D eigenvalue weighted by Gasteiger charge is 2.21. The first-order valence-corrected chi connectivity index (χ1v) is 7.21. The summed E-state index contributed by atoms with van der Waals surface area (Å²) in [6.45, 7) is 4.27. The predicted octanol–water partition coefficient (Wildman–Crippen LogP) is 4.23. The molecule has 1 unspecified atom stereocenters. The van der Waals surface area contributed by atoms with Crippen molar-refractivity contribution in [1.82, 2.24) is 5.32 Å². The van der Waals surface area contributed by atoms with Crippen molar-refractivity contribution in [1.29, 1.82) is 0 Å². The lowest BCUT2D eigenvalue weighted by molar-refractivity contribution is 0.472. The average molecular weight is 281 g/mol. The van der Waals surface area contributed by atoms with E-state index >= 15 is 0 Å². The fourth-order valence-corrected chi connectivity index (χ4v) is 2.90. The van der Waals surface area contributed by atoms with Gasteiger partial charge in [-0.25, -0.2) is 8.78 Å². The lowest BCUT2D eigenvalue weighted by Crippen LogP contribution is -2.25. The topological polar surface area (TPSA) is 12.0 Å². The molecule has 2 aromatic rings. The molecule has 0 amide bonds. The fraction of sp³-hybridized carbons (Fsp3) is 0.333. The van der Waals surface area contributed by atoms with Gasteiger partial charge in [0.2, 0.25) is 0 Å². The second-order valence-electron chi connectivity index (χ2n) is 4.49. The van der Waals surface area contributed by atoms with Crippen LogP contribution >= 0.6 is 11.3 Å². The van der Waals surface area contributed by atoms with Crippen LogP contribution in [0.3, 0.4) is 0 Å². The number of hydrogen-bond donors (Lipinski definition) is 1. The molecule has 1 heterocycles. The Hall–Kier alpha value is -1.26. The standard InChI is InChI=1S/C15H17F2NS/c1-3-18-13(9-11-5-4-8-19-11)14-12(16)7-6-10(2)15(14)17/h4-8,13,18H,3,9H2,1-2H3. The molecular weight excluding hydrogens is 264 g/mol.